The number of nitrogens with one attached hydrogen (secondary N) is 2. The predicted octanol–water partition coefficient (Wildman–Crippen LogP) is 2.60. The average Bonchev–Trinajstić information content (AvgIpc) is 3.26. The van der Waals surface area contributed by atoms with E-state index >= 15 is 0 Å². The first-order valence-corrected chi connectivity index (χ1v) is 9.61. The fourth-order valence-corrected chi connectivity index (χ4v) is 4.50. The molecule has 1 aliphatic heterocycles. The number of aromatic amines is 1. The summed E-state index contributed by atoms with van der Waals surface area (Å²) < 4.78 is 0. The van der Waals surface area contributed by atoms with Crippen molar-refractivity contribution >= 4 is 44.9 Å². The van der Waals surface area contributed by atoms with Crippen LogP contribution in [0.25, 0.3) is 10.2 Å². The van der Waals surface area contributed by atoms with Gasteiger partial charge in [0.05, 0.1) is 24.1 Å². The molecule has 1 atom stereocenters. The molecule has 1 saturated heterocycles. The number of H-pyrrole nitrogens is 1. The lowest BCUT2D eigenvalue weighted by Crippen LogP contribution is -2.44. The molecule has 4 rings (SSSR count). The Morgan fingerprint density at radius 2 is 2.19 bits per heavy atom. The van der Waals surface area contributed by atoms with Gasteiger partial charge in [0.25, 0.3) is 0 Å². The van der Waals surface area contributed by atoms with E-state index in [4.69, 9.17) is 5.73 Å². The molecule has 3 aromatic rings. The molecule has 0 bridgehead atoms. The SMILES string of the molecule is Cc1cc(NC(=O)C(=O)N2CCCC[C@H]2c2cc3cn[nH]c3s2)cnc1N. The molecule has 0 unspecified atom stereocenters. The number of thiophene rings is 1. The van der Waals surface area contributed by atoms with Gasteiger partial charge in [-0.25, -0.2) is 4.98 Å². The molecule has 4 N–H and O–H groups in total. The summed E-state index contributed by atoms with van der Waals surface area (Å²) in [6.07, 6.45) is 5.99. The zero-order valence-electron chi connectivity index (χ0n) is 14.9. The number of amides is 2. The van der Waals surface area contributed by atoms with E-state index in [-0.39, 0.29) is 6.04 Å². The molecular formula is C18H20N6O2S. The van der Waals surface area contributed by atoms with Gasteiger partial charge in [-0.2, -0.15) is 5.10 Å². The Balaban J connectivity index is 1.53. The van der Waals surface area contributed by atoms with Crippen LogP contribution in [0, 0.1) is 6.92 Å². The van der Waals surface area contributed by atoms with E-state index in [1.807, 2.05) is 6.07 Å². The summed E-state index contributed by atoms with van der Waals surface area (Å²) in [4.78, 5) is 33.1. The molecule has 1 aliphatic rings. The van der Waals surface area contributed by atoms with Gasteiger partial charge in [-0.15, -0.1) is 11.3 Å². The topological polar surface area (TPSA) is 117 Å². The number of fused-ring (bicyclic) bond motifs is 1. The number of nitrogens with zero attached hydrogens (tertiary/aromatic N) is 3. The maximum absolute atomic E-state index is 12.8. The maximum Gasteiger partial charge on any atom is 0.313 e. The predicted molar refractivity (Wildman–Crippen MR) is 104 cm³/mol. The van der Waals surface area contributed by atoms with Gasteiger partial charge in [0.2, 0.25) is 0 Å². The van der Waals surface area contributed by atoms with E-state index < -0.39 is 11.8 Å². The van der Waals surface area contributed by atoms with Crippen LogP contribution in [-0.2, 0) is 9.59 Å². The Kier molecular flexibility index (Phi) is 4.53. The lowest BCUT2D eigenvalue weighted by molar-refractivity contribution is -0.145. The van der Waals surface area contributed by atoms with Gasteiger partial charge in [0.15, 0.2) is 0 Å². The van der Waals surface area contributed by atoms with Crippen LogP contribution in [0.2, 0.25) is 0 Å². The van der Waals surface area contributed by atoms with Crippen LogP contribution in [0.15, 0.2) is 24.5 Å². The lowest BCUT2D eigenvalue weighted by atomic mass is 10.0. The number of nitrogen functional groups attached to an aromatic ring is 1. The zero-order valence-corrected chi connectivity index (χ0v) is 15.7. The Bertz CT molecular complexity index is 982. The summed E-state index contributed by atoms with van der Waals surface area (Å²) in [7, 11) is 0. The normalized spacial score (nSPS) is 17.2. The van der Waals surface area contributed by atoms with Gasteiger partial charge in [-0.3, -0.25) is 14.7 Å². The second-order valence-corrected chi connectivity index (χ2v) is 7.78. The second kappa shape index (κ2) is 6.99. The third-order valence-corrected chi connectivity index (χ3v) is 5.97. The second-order valence-electron chi connectivity index (χ2n) is 6.69. The van der Waals surface area contributed by atoms with Crippen molar-refractivity contribution < 1.29 is 9.59 Å². The van der Waals surface area contributed by atoms with Crippen LogP contribution >= 0.6 is 11.3 Å². The lowest BCUT2D eigenvalue weighted by Gasteiger charge is -2.34. The highest BCUT2D eigenvalue weighted by molar-refractivity contribution is 7.18. The molecule has 0 spiro atoms. The molecular weight excluding hydrogens is 364 g/mol. The number of aryl methyl sites for hydroxylation is 1. The van der Waals surface area contributed by atoms with Crippen molar-refractivity contribution in [3.63, 3.8) is 0 Å². The number of hydrogen-bond donors (Lipinski definition) is 3. The smallest absolute Gasteiger partial charge is 0.313 e. The van der Waals surface area contributed by atoms with Crippen molar-refractivity contribution in [2.45, 2.75) is 32.2 Å². The molecule has 8 nitrogen and oxygen atoms in total. The van der Waals surface area contributed by atoms with Crippen molar-refractivity contribution in [1.82, 2.24) is 20.1 Å². The fourth-order valence-electron chi connectivity index (χ4n) is 3.37. The minimum Gasteiger partial charge on any atom is -0.383 e. The summed E-state index contributed by atoms with van der Waals surface area (Å²) in [5.74, 6) is -0.778. The van der Waals surface area contributed by atoms with Crippen LogP contribution < -0.4 is 11.1 Å². The minimum atomic E-state index is -0.656. The molecule has 9 heteroatoms. The van der Waals surface area contributed by atoms with Crippen LogP contribution in [0.1, 0.15) is 35.7 Å². The third kappa shape index (κ3) is 3.37. The molecule has 140 valence electrons. The minimum absolute atomic E-state index is 0.0888. The Morgan fingerprint density at radius 1 is 1.33 bits per heavy atom. The highest BCUT2D eigenvalue weighted by Gasteiger charge is 2.33. The average molecular weight is 384 g/mol. The number of carbonyl (C=O) groups excluding carboxylic acids is 2. The number of piperidine rings is 1. The number of hydrogen-bond acceptors (Lipinski definition) is 6. The Hall–Kier alpha value is -2.94. The highest BCUT2D eigenvalue weighted by Crippen LogP contribution is 2.37. The van der Waals surface area contributed by atoms with Gasteiger partial charge < -0.3 is 16.0 Å². The molecule has 0 saturated carbocycles. The van der Waals surface area contributed by atoms with E-state index in [0.29, 0.717) is 18.1 Å². The van der Waals surface area contributed by atoms with Crippen molar-refractivity contribution in [2.75, 3.05) is 17.6 Å². The summed E-state index contributed by atoms with van der Waals surface area (Å²) in [6, 6.07) is 3.66. The number of likely N-dealkylation sites (tertiary alicyclic amines) is 1. The summed E-state index contributed by atoms with van der Waals surface area (Å²) in [6.45, 7) is 2.37. The van der Waals surface area contributed by atoms with Gasteiger partial charge in [0, 0.05) is 16.8 Å². The molecule has 0 aromatic carbocycles. The van der Waals surface area contributed by atoms with Crippen molar-refractivity contribution in [3.05, 3.63) is 35.0 Å². The standard InChI is InChI=1S/C18H20N6O2S/c1-10-6-12(9-20-15(10)19)22-16(25)18(26)24-5-3-2-4-13(24)14-7-11-8-21-23-17(11)27-14/h6-9,13H,2-5H2,1H3,(H2,19,20)(H,21,23)(H,22,25)/t13-/m0/s1. The van der Waals surface area contributed by atoms with Crippen molar-refractivity contribution in [1.29, 1.82) is 0 Å². The van der Waals surface area contributed by atoms with Gasteiger partial charge in [-0.1, -0.05) is 0 Å². The van der Waals surface area contributed by atoms with Crippen LogP contribution in [0.3, 0.4) is 0 Å². The quantitative estimate of drug-likeness (QED) is 0.587. The number of anilines is 2. The number of pyridine rings is 1. The first-order valence-electron chi connectivity index (χ1n) is 8.80. The van der Waals surface area contributed by atoms with E-state index in [1.165, 1.54) is 6.20 Å². The molecule has 4 heterocycles. The number of carbonyl (C=O) groups is 2. The molecule has 0 aliphatic carbocycles. The third-order valence-electron chi connectivity index (χ3n) is 4.81. The van der Waals surface area contributed by atoms with Gasteiger partial charge in [-0.05, 0) is 43.9 Å². The van der Waals surface area contributed by atoms with Crippen LogP contribution in [-0.4, -0.2) is 38.4 Å². The number of aromatic nitrogens is 3. The van der Waals surface area contributed by atoms with Crippen LogP contribution in [0.4, 0.5) is 11.5 Å². The molecule has 2 amide bonds. The van der Waals surface area contributed by atoms with Crippen molar-refractivity contribution in [2.24, 2.45) is 0 Å². The van der Waals surface area contributed by atoms with E-state index in [2.05, 4.69) is 20.5 Å². The highest BCUT2D eigenvalue weighted by atomic mass is 32.1. The maximum atomic E-state index is 12.8. The summed E-state index contributed by atoms with van der Waals surface area (Å²) in [5.41, 5.74) is 6.91. The molecule has 3 aromatic heterocycles. The van der Waals surface area contributed by atoms with E-state index in [0.717, 1.165) is 39.9 Å². The zero-order chi connectivity index (χ0) is 19.0. The summed E-state index contributed by atoms with van der Waals surface area (Å²) >= 11 is 1.58. The fraction of sp³-hybridized carbons (Fsp3) is 0.333. The molecule has 27 heavy (non-hydrogen) atoms. The first-order chi connectivity index (χ1) is 13.0. The van der Waals surface area contributed by atoms with Crippen LogP contribution in [0.5, 0.6) is 0 Å². The molecule has 0 radical (unpaired) electrons. The first kappa shape index (κ1) is 17.5. The van der Waals surface area contributed by atoms with Crippen molar-refractivity contribution in [3.8, 4) is 0 Å². The van der Waals surface area contributed by atoms with Gasteiger partial charge >= 0.3 is 11.8 Å². The number of nitrogens with two attached hydrogens (primary N) is 1. The summed E-state index contributed by atoms with van der Waals surface area (Å²) in [5, 5.41) is 10.6. The van der Waals surface area contributed by atoms with E-state index in [1.54, 1.807) is 35.4 Å². The Labute approximate surface area is 159 Å². The largest absolute Gasteiger partial charge is 0.383 e. The van der Waals surface area contributed by atoms with Gasteiger partial charge in [0.1, 0.15) is 10.6 Å². The molecule has 1 fully saturated rings. The monoisotopic (exact) mass is 384 g/mol. The Morgan fingerprint density at radius 3 is 2.96 bits per heavy atom. The number of rotatable bonds is 2. The van der Waals surface area contributed by atoms with E-state index in [9.17, 15) is 9.59 Å².